The number of carbonyl (C=O) groups excluding carboxylic acids is 3. The summed E-state index contributed by atoms with van der Waals surface area (Å²) in [7, 11) is 0. The topological polar surface area (TPSA) is 133 Å². The monoisotopic (exact) mass is 555 g/mol. The van der Waals surface area contributed by atoms with Gasteiger partial charge < -0.3 is 26.2 Å². The second-order valence-corrected chi connectivity index (χ2v) is 9.62. The van der Waals surface area contributed by atoms with Crippen LogP contribution in [-0.4, -0.2) is 70.7 Å². The molecule has 0 saturated carbocycles. The van der Waals surface area contributed by atoms with Crippen LogP contribution in [0.15, 0.2) is 84.1 Å². The van der Waals surface area contributed by atoms with Crippen LogP contribution in [0.3, 0.4) is 0 Å². The standard InChI is InChI=1S/C15H12N2O.C14H19N5O2.C2H6/c18-14-10-16-15(11-6-2-1-3-7-11)12-8-4-5-9-13(12)17-14;15-13(20)18-7-3-11(4-8-18)19-9-12(17-14(19)21)10-1-5-16-6-2-10;1-2/h1-9H,10H2,(H,17,18);1-2,5-6,11-12H,3-4,7-9H2,(H2,15,20)(H,17,21);1-2H3. The number of para-hydroxylation sites is 1. The highest BCUT2D eigenvalue weighted by atomic mass is 16.2. The van der Waals surface area contributed by atoms with E-state index in [4.69, 9.17) is 5.73 Å². The molecule has 10 heteroatoms. The highest BCUT2D eigenvalue weighted by Crippen LogP contribution is 2.26. The van der Waals surface area contributed by atoms with Gasteiger partial charge in [0, 0.05) is 49.2 Å². The lowest BCUT2D eigenvalue weighted by molar-refractivity contribution is -0.114. The third-order valence-electron chi connectivity index (χ3n) is 7.15. The van der Waals surface area contributed by atoms with Crippen LogP contribution < -0.4 is 16.4 Å². The fraction of sp³-hybridized carbons (Fsp3) is 0.323. The number of benzodiazepines with no additional fused rings is 1. The van der Waals surface area contributed by atoms with Gasteiger partial charge in [0.2, 0.25) is 5.91 Å². The fourth-order valence-corrected chi connectivity index (χ4v) is 5.12. The molecule has 1 unspecified atom stereocenters. The Balaban J connectivity index is 0.000000180. The van der Waals surface area contributed by atoms with Gasteiger partial charge in [-0.1, -0.05) is 62.4 Å². The zero-order chi connectivity index (χ0) is 29.2. The van der Waals surface area contributed by atoms with Gasteiger partial charge in [-0.3, -0.25) is 14.8 Å². The highest BCUT2D eigenvalue weighted by Gasteiger charge is 2.36. The number of nitrogens with two attached hydrogens (primary N) is 1. The number of aliphatic imine (C=N–C) groups is 1. The third kappa shape index (κ3) is 7.27. The molecule has 1 atom stereocenters. The van der Waals surface area contributed by atoms with E-state index >= 15 is 0 Å². The zero-order valence-electron chi connectivity index (χ0n) is 23.5. The predicted octanol–water partition coefficient (Wildman–Crippen LogP) is 4.19. The van der Waals surface area contributed by atoms with Crippen molar-refractivity contribution in [3.8, 4) is 0 Å². The van der Waals surface area contributed by atoms with Crippen LogP contribution in [0.1, 0.15) is 49.4 Å². The van der Waals surface area contributed by atoms with Crippen molar-refractivity contribution in [3.63, 3.8) is 0 Å². The average Bonchev–Trinajstić information content (AvgIpc) is 3.33. The summed E-state index contributed by atoms with van der Waals surface area (Å²) in [6, 6.07) is 21.3. The number of fused-ring (bicyclic) bond motifs is 1. The van der Waals surface area contributed by atoms with Crippen LogP contribution in [0.2, 0.25) is 0 Å². The number of urea groups is 2. The van der Waals surface area contributed by atoms with Crippen molar-refractivity contribution in [1.82, 2.24) is 20.1 Å². The number of hydrogen-bond acceptors (Lipinski definition) is 5. The molecule has 0 spiro atoms. The van der Waals surface area contributed by atoms with Gasteiger partial charge in [-0.2, -0.15) is 0 Å². The number of nitrogens with one attached hydrogen (secondary N) is 2. The van der Waals surface area contributed by atoms with Crippen molar-refractivity contribution in [2.45, 2.75) is 38.8 Å². The number of nitrogens with zero attached hydrogens (tertiary/aromatic N) is 4. The lowest BCUT2D eigenvalue weighted by Gasteiger charge is -2.35. The molecule has 1 aromatic heterocycles. The van der Waals surface area contributed by atoms with Crippen molar-refractivity contribution in [2.24, 2.45) is 10.7 Å². The molecule has 0 aliphatic carbocycles. The molecule has 41 heavy (non-hydrogen) atoms. The van der Waals surface area contributed by atoms with Gasteiger partial charge in [0.1, 0.15) is 6.54 Å². The van der Waals surface area contributed by atoms with Crippen LogP contribution in [0.25, 0.3) is 0 Å². The van der Waals surface area contributed by atoms with Crippen molar-refractivity contribution >= 4 is 29.4 Å². The zero-order valence-corrected chi connectivity index (χ0v) is 23.5. The number of primary amides is 1. The quantitative estimate of drug-likeness (QED) is 0.447. The molecule has 3 aliphatic rings. The summed E-state index contributed by atoms with van der Waals surface area (Å²) in [6.45, 7) is 6.05. The van der Waals surface area contributed by atoms with E-state index in [-0.39, 0.29) is 36.6 Å². The summed E-state index contributed by atoms with van der Waals surface area (Å²) in [5.41, 5.74) is 10.0. The summed E-state index contributed by atoms with van der Waals surface area (Å²) in [5.74, 6) is -0.0756. The van der Waals surface area contributed by atoms with E-state index in [0.717, 1.165) is 40.9 Å². The van der Waals surface area contributed by atoms with Crippen LogP contribution >= 0.6 is 0 Å². The molecule has 10 nitrogen and oxygen atoms in total. The smallest absolute Gasteiger partial charge is 0.318 e. The summed E-state index contributed by atoms with van der Waals surface area (Å²) in [4.78, 5) is 46.8. The van der Waals surface area contributed by atoms with Crippen molar-refractivity contribution in [3.05, 3.63) is 95.8 Å². The van der Waals surface area contributed by atoms with E-state index in [9.17, 15) is 14.4 Å². The minimum Gasteiger partial charge on any atom is -0.351 e. The van der Waals surface area contributed by atoms with E-state index in [1.165, 1.54) is 0 Å². The van der Waals surface area contributed by atoms with Gasteiger partial charge in [-0.15, -0.1) is 0 Å². The SMILES string of the molecule is CC.NC(=O)N1CCC(N2CC(c3ccncc3)NC2=O)CC1.O=C1CN=C(c2ccccc2)c2ccccc2N1. The molecule has 4 heterocycles. The molecule has 214 valence electrons. The number of anilines is 1. The summed E-state index contributed by atoms with van der Waals surface area (Å²) in [6.07, 6.45) is 5.02. The molecule has 2 fully saturated rings. The number of benzene rings is 2. The van der Waals surface area contributed by atoms with Crippen LogP contribution in [0.5, 0.6) is 0 Å². The number of aromatic nitrogens is 1. The number of amides is 5. The molecule has 0 radical (unpaired) electrons. The minimum absolute atomic E-state index is 0.00895. The second-order valence-electron chi connectivity index (χ2n) is 9.62. The number of carbonyl (C=O) groups is 3. The predicted molar refractivity (Wildman–Crippen MR) is 160 cm³/mol. The minimum atomic E-state index is -0.381. The molecule has 6 rings (SSSR count). The molecule has 3 aromatic rings. The Morgan fingerprint density at radius 2 is 1.59 bits per heavy atom. The van der Waals surface area contributed by atoms with E-state index < -0.39 is 0 Å². The number of hydrogen-bond donors (Lipinski definition) is 3. The van der Waals surface area contributed by atoms with E-state index in [2.05, 4.69) is 20.6 Å². The summed E-state index contributed by atoms with van der Waals surface area (Å²) in [5, 5.41) is 5.87. The first-order chi connectivity index (χ1) is 20.0. The molecule has 5 amide bonds. The lowest BCUT2D eigenvalue weighted by atomic mass is 10.0. The molecular weight excluding hydrogens is 518 g/mol. The molecule has 3 aliphatic heterocycles. The van der Waals surface area contributed by atoms with Crippen LogP contribution in [0, 0.1) is 0 Å². The van der Waals surface area contributed by atoms with Gasteiger partial charge in [0.15, 0.2) is 0 Å². The Labute approximate surface area is 240 Å². The van der Waals surface area contributed by atoms with Crippen LogP contribution in [-0.2, 0) is 4.79 Å². The number of likely N-dealkylation sites (tertiary alicyclic amines) is 1. The van der Waals surface area contributed by atoms with E-state index in [1.54, 1.807) is 17.3 Å². The highest BCUT2D eigenvalue weighted by molar-refractivity contribution is 6.19. The number of pyridine rings is 1. The summed E-state index contributed by atoms with van der Waals surface area (Å²) >= 11 is 0. The number of rotatable bonds is 3. The number of piperidine rings is 1. The maximum Gasteiger partial charge on any atom is 0.318 e. The third-order valence-corrected chi connectivity index (χ3v) is 7.15. The second kappa shape index (κ2) is 14.1. The molecule has 0 bridgehead atoms. The Morgan fingerprint density at radius 3 is 2.27 bits per heavy atom. The normalized spacial score (nSPS) is 18.3. The van der Waals surface area contributed by atoms with Crippen molar-refractivity contribution in [1.29, 1.82) is 0 Å². The first kappa shape index (κ1) is 29.3. The van der Waals surface area contributed by atoms with E-state index in [0.29, 0.717) is 19.6 Å². The van der Waals surface area contributed by atoms with Crippen molar-refractivity contribution in [2.75, 3.05) is 31.5 Å². The maximum atomic E-state index is 12.2. The molecule has 4 N–H and O–H groups in total. The Hall–Kier alpha value is -4.73. The fourth-order valence-electron chi connectivity index (χ4n) is 5.12. The van der Waals surface area contributed by atoms with Gasteiger partial charge in [-0.25, -0.2) is 9.59 Å². The first-order valence-corrected chi connectivity index (χ1v) is 14.0. The van der Waals surface area contributed by atoms with Crippen molar-refractivity contribution < 1.29 is 14.4 Å². The Bertz CT molecular complexity index is 1360. The first-order valence-electron chi connectivity index (χ1n) is 14.0. The molecule has 2 aromatic carbocycles. The summed E-state index contributed by atoms with van der Waals surface area (Å²) < 4.78 is 0. The van der Waals surface area contributed by atoms with E-state index in [1.807, 2.05) is 85.5 Å². The lowest BCUT2D eigenvalue weighted by Crippen LogP contribution is -2.49. The van der Waals surface area contributed by atoms with Crippen LogP contribution in [0.4, 0.5) is 15.3 Å². The largest absolute Gasteiger partial charge is 0.351 e. The molecular formula is C31H37N7O3. The van der Waals surface area contributed by atoms with Gasteiger partial charge in [0.05, 0.1) is 17.4 Å². The van der Waals surface area contributed by atoms with Gasteiger partial charge in [0.25, 0.3) is 0 Å². The Kier molecular flexibility index (Phi) is 10.0. The van der Waals surface area contributed by atoms with Gasteiger partial charge in [-0.05, 0) is 36.6 Å². The Morgan fingerprint density at radius 1 is 0.927 bits per heavy atom. The van der Waals surface area contributed by atoms with Gasteiger partial charge >= 0.3 is 12.1 Å². The average molecular weight is 556 g/mol. The maximum absolute atomic E-state index is 12.2. The molecule has 2 saturated heterocycles.